The molecule has 1 aromatic rings. The van der Waals surface area contributed by atoms with Crippen LogP contribution in [0.4, 0.5) is 11.4 Å². The molecule has 0 aliphatic rings. The van der Waals surface area contributed by atoms with Crippen molar-refractivity contribution in [2.45, 2.75) is 13.8 Å². The van der Waals surface area contributed by atoms with Crippen molar-refractivity contribution >= 4 is 39.1 Å². The second kappa shape index (κ2) is 5.63. The van der Waals surface area contributed by atoms with Crippen LogP contribution >= 0.6 is 15.9 Å². The van der Waals surface area contributed by atoms with Gasteiger partial charge in [-0.1, -0.05) is 12.6 Å². The van der Waals surface area contributed by atoms with Crippen LogP contribution in [0.5, 0.6) is 0 Å². The van der Waals surface area contributed by atoms with Gasteiger partial charge in [0.15, 0.2) is 0 Å². The van der Waals surface area contributed by atoms with Gasteiger partial charge in [-0.3, -0.25) is 9.59 Å². The maximum absolute atomic E-state index is 11.5. The minimum Gasteiger partial charge on any atom is -0.326 e. The molecular weight excluding hydrogens is 284 g/mol. The van der Waals surface area contributed by atoms with Crippen molar-refractivity contribution in [3.8, 4) is 0 Å². The van der Waals surface area contributed by atoms with Gasteiger partial charge in [0.25, 0.3) is 5.91 Å². The van der Waals surface area contributed by atoms with E-state index in [1.54, 1.807) is 18.2 Å². The average Bonchev–Trinajstić information content (AvgIpc) is 2.23. The van der Waals surface area contributed by atoms with E-state index in [2.05, 4.69) is 33.1 Å². The number of carbonyl (C=O) groups is 2. The summed E-state index contributed by atoms with van der Waals surface area (Å²) in [6.07, 6.45) is 0. The molecule has 0 radical (unpaired) electrons. The smallest absolute Gasteiger partial charge is 0.262 e. The first-order valence-electron chi connectivity index (χ1n) is 4.94. The van der Waals surface area contributed by atoms with E-state index < -0.39 is 0 Å². The van der Waals surface area contributed by atoms with E-state index in [1.807, 2.05) is 6.92 Å². The second-order valence-corrected chi connectivity index (χ2v) is 4.48. The zero-order chi connectivity index (χ0) is 13.0. The summed E-state index contributed by atoms with van der Waals surface area (Å²) in [5, 5.41) is 5.38. The number of hydrogen-bond acceptors (Lipinski definition) is 2. The molecule has 1 aromatic carbocycles. The predicted molar refractivity (Wildman–Crippen MR) is 72.2 cm³/mol. The maximum Gasteiger partial charge on any atom is 0.262 e. The van der Waals surface area contributed by atoms with Crippen LogP contribution in [0.1, 0.15) is 12.5 Å². The summed E-state index contributed by atoms with van der Waals surface area (Å²) in [6, 6.07) is 5.29. The Morgan fingerprint density at radius 2 is 1.76 bits per heavy atom. The maximum atomic E-state index is 11.5. The van der Waals surface area contributed by atoms with Crippen molar-refractivity contribution in [1.29, 1.82) is 0 Å². The van der Waals surface area contributed by atoms with E-state index in [-0.39, 0.29) is 16.3 Å². The predicted octanol–water partition coefficient (Wildman–Crippen LogP) is 2.80. The van der Waals surface area contributed by atoms with Gasteiger partial charge in [-0.25, -0.2) is 0 Å². The molecule has 90 valence electrons. The molecule has 2 amide bonds. The molecular formula is C12H13BrN2O2. The van der Waals surface area contributed by atoms with Crippen LogP contribution in [-0.2, 0) is 9.59 Å². The lowest BCUT2D eigenvalue weighted by atomic mass is 10.1. The molecule has 2 N–H and O–H groups in total. The summed E-state index contributed by atoms with van der Waals surface area (Å²) in [4.78, 5) is 22.4. The zero-order valence-electron chi connectivity index (χ0n) is 9.63. The number of carbonyl (C=O) groups excluding carboxylic acids is 2. The highest BCUT2D eigenvalue weighted by molar-refractivity contribution is 9.12. The third-order valence-corrected chi connectivity index (χ3v) is 2.50. The van der Waals surface area contributed by atoms with Crippen LogP contribution in [0.15, 0.2) is 29.3 Å². The molecule has 4 nitrogen and oxygen atoms in total. The summed E-state index contributed by atoms with van der Waals surface area (Å²) >= 11 is 3.00. The van der Waals surface area contributed by atoms with Gasteiger partial charge in [-0.05, 0) is 40.5 Å². The minimum atomic E-state index is -0.312. The average molecular weight is 297 g/mol. The summed E-state index contributed by atoms with van der Waals surface area (Å²) < 4.78 is 0.252. The molecule has 0 atom stereocenters. The Kier molecular flexibility index (Phi) is 4.45. The third-order valence-electron chi connectivity index (χ3n) is 2.14. The van der Waals surface area contributed by atoms with Crippen molar-refractivity contribution in [3.05, 3.63) is 34.8 Å². The molecule has 0 fully saturated rings. The van der Waals surface area contributed by atoms with Crippen LogP contribution in [0, 0.1) is 6.92 Å². The Morgan fingerprint density at radius 3 is 2.24 bits per heavy atom. The van der Waals surface area contributed by atoms with Crippen LogP contribution < -0.4 is 10.6 Å². The lowest BCUT2D eigenvalue weighted by Crippen LogP contribution is -2.13. The van der Waals surface area contributed by atoms with E-state index in [0.717, 1.165) is 5.56 Å². The number of amides is 2. The summed E-state index contributed by atoms with van der Waals surface area (Å²) in [5.74, 6) is -0.463. The van der Waals surface area contributed by atoms with Crippen molar-refractivity contribution in [2.75, 3.05) is 10.6 Å². The Hall–Kier alpha value is -1.62. The Balaban J connectivity index is 2.98. The lowest BCUT2D eigenvalue weighted by Gasteiger charge is -2.12. The van der Waals surface area contributed by atoms with Gasteiger partial charge in [0.05, 0.1) is 4.48 Å². The highest BCUT2D eigenvalue weighted by atomic mass is 79.9. The highest BCUT2D eigenvalue weighted by Crippen LogP contribution is 2.23. The number of halogens is 1. The van der Waals surface area contributed by atoms with Crippen LogP contribution in [0.2, 0.25) is 0 Å². The summed E-state index contributed by atoms with van der Waals surface area (Å²) in [6.45, 7) is 6.74. The third kappa shape index (κ3) is 3.71. The number of benzene rings is 1. The van der Waals surface area contributed by atoms with Gasteiger partial charge in [-0.2, -0.15) is 0 Å². The Bertz CT molecular complexity index is 483. The fourth-order valence-corrected chi connectivity index (χ4v) is 1.39. The van der Waals surface area contributed by atoms with Crippen LogP contribution in [-0.4, -0.2) is 11.8 Å². The Morgan fingerprint density at radius 1 is 1.24 bits per heavy atom. The summed E-state index contributed by atoms with van der Waals surface area (Å²) in [7, 11) is 0. The van der Waals surface area contributed by atoms with Crippen molar-refractivity contribution < 1.29 is 9.59 Å². The Labute approximate surface area is 108 Å². The number of rotatable bonds is 3. The molecule has 0 spiro atoms. The number of nitrogens with one attached hydrogen (secondary N) is 2. The largest absolute Gasteiger partial charge is 0.326 e. The quantitative estimate of drug-likeness (QED) is 0.843. The van der Waals surface area contributed by atoms with Gasteiger partial charge < -0.3 is 10.6 Å². The molecule has 0 bridgehead atoms. The first-order valence-corrected chi connectivity index (χ1v) is 5.74. The van der Waals surface area contributed by atoms with Gasteiger partial charge in [0.2, 0.25) is 5.91 Å². The zero-order valence-corrected chi connectivity index (χ0v) is 11.2. The van der Waals surface area contributed by atoms with E-state index in [1.165, 1.54) is 6.92 Å². The van der Waals surface area contributed by atoms with Gasteiger partial charge in [-0.15, -0.1) is 0 Å². The minimum absolute atomic E-state index is 0.151. The van der Waals surface area contributed by atoms with Crippen molar-refractivity contribution in [2.24, 2.45) is 0 Å². The van der Waals surface area contributed by atoms with Gasteiger partial charge in [0, 0.05) is 18.3 Å². The molecule has 0 unspecified atom stereocenters. The van der Waals surface area contributed by atoms with E-state index >= 15 is 0 Å². The standard InChI is InChI=1S/C12H13BrN2O2/c1-7-10(14-9(3)16)5-4-6-11(7)15-12(17)8(2)13/h4-6H,2H2,1,3H3,(H,14,16)(H,15,17). The molecule has 1 rings (SSSR count). The van der Waals surface area contributed by atoms with Crippen LogP contribution in [0.25, 0.3) is 0 Å². The van der Waals surface area contributed by atoms with E-state index in [0.29, 0.717) is 11.4 Å². The van der Waals surface area contributed by atoms with Crippen LogP contribution in [0.3, 0.4) is 0 Å². The van der Waals surface area contributed by atoms with Gasteiger partial charge >= 0.3 is 0 Å². The topological polar surface area (TPSA) is 58.2 Å². The molecule has 17 heavy (non-hydrogen) atoms. The summed E-state index contributed by atoms with van der Waals surface area (Å²) in [5.41, 5.74) is 2.11. The molecule has 0 aromatic heterocycles. The molecule has 0 aliphatic carbocycles. The first-order chi connectivity index (χ1) is 7.91. The fourth-order valence-electron chi connectivity index (χ4n) is 1.29. The fraction of sp³-hybridized carbons (Fsp3) is 0.167. The molecule has 0 aliphatic heterocycles. The number of anilines is 2. The first kappa shape index (κ1) is 13.4. The monoisotopic (exact) mass is 296 g/mol. The molecule has 0 heterocycles. The molecule has 0 saturated heterocycles. The van der Waals surface area contributed by atoms with E-state index in [9.17, 15) is 9.59 Å². The highest BCUT2D eigenvalue weighted by Gasteiger charge is 2.09. The van der Waals surface area contributed by atoms with Crippen molar-refractivity contribution in [1.82, 2.24) is 0 Å². The normalized spacial score (nSPS) is 9.59. The number of hydrogen-bond donors (Lipinski definition) is 2. The molecule has 0 saturated carbocycles. The van der Waals surface area contributed by atoms with E-state index in [4.69, 9.17) is 0 Å². The SMILES string of the molecule is C=C(Br)C(=O)Nc1cccc(NC(C)=O)c1C. The second-order valence-electron chi connectivity index (χ2n) is 3.52. The molecule has 5 heteroatoms. The van der Waals surface area contributed by atoms with Gasteiger partial charge in [0.1, 0.15) is 0 Å². The van der Waals surface area contributed by atoms with Crippen molar-refractivity contribution in [3.63, 3.8) is 0 Å². The lowest BCUT2D eigenvalue weighted by molar-refractivity contribution is -0.114.